The maximum Gasteiger partial charge on any atom is 0.237 e. The molecule has 1 aromatic rings. The van der Waals surface area contributed by atoms with Gasteiger partial charge in [0.1, 0.15) is 5.69 Å². The minimum absolute atomic E-state index is 0.00776. The molecule has 1 unspecified atom stereocenters. The van der Waals surface area contributed by atoms with Crippen molar-refractivity contribution in [2.45, 2.75) is 40.0 Å². The normalized spacial score (nSPS) is 12.2. The summed E-state index contributed by atoms with van der Waals surface area (Å²) in [6, 6.07) is 3.58. The van der Waals surface area contributed by atoms with E-state index in [1.807, 2.05) is 6.92 Å². The van der Waals surface area contributed by atoms with Crippen LogP contribution in [0.5, 0.6) is 5.88 Å². The van der Waals surface area contributed by atoms with Gasteiger partial charge >= 0.3 is 0 Å². The first-order valence-corrected chi connectivity index (χ1v) is 7.66. The van der Waals surface area contributed by atoms with E-state index in [0.29, 0.717) is 43.0 Å². The molecule has 0 aromatic carbocycles. The molecular formula is C16H27N3O2. The summed E-state index contributed by atoms with van der Waals surface area (Å²) in [7, 11) is 0. The summed E-state index contributed by atoms with van der Waals surface area (Å²) in [5, 5.41) is 2.87. The zero-order valence-corrected chi connectivity index (χ0v) is 13.3. The number of ether oxygens (including phenoxy) is 1. The van der Waals surface area contributed by atoms with Crippen molar-refractivity contribution in [2.24, 2.45) is 17.6 Å². The molecule has 1 amide bonds. The van der Waals surface area contributed by atoms with Crippen molar-refractivity contribution in [3.05, 3.63) is 18.3 Å². The van der Waals surface area contributed by atoms with E-state index in [0.717, 1.165) is 12.8 Å². The minimum atomic E-state index is -0.00776. The maximum absolute atomic E-state index is 12.1. The third kappa shape index (κ3) is 6.12. The number of rotatable bonds is 9. The van der Waals surface area contributed by atoms with Crippen molar-refractivity contribution >= 4 is 11.6 Å². The number of nitrogens with two attached hydrogens (primary N) is 1. The van der Waals surface area contributed by atoms with Crippen LogP contribution in [0.25, 0.3) is 0 Å². The molecule has 1 aromatic heterocycles. The lowest BCUT2D eigenvalue weighted by Gasteiger charge is -2.19. The van der Waals surface area contributed by atoms with Crippen LogP contribution < -0.4 is 15.8 Å². The van der Waals surface area contributed by atoms with E-state index < -0.39 is 0 Å². The van der Waals surface area contributed by atoms with E-state index >= 15 is 0 Å². The summed E-state index contributed by atoms with van der Waals surface area (Å²) < 4.78 is 5.40. The molecule has 0 bridgehead atoms. The molecule has 0 aliphatic heterocycles. The summed E-state index contributed by atoms with van der Waals surface area (Å²) in [5.74, 6) is 1.49. The number of aromatic nitrogens is 1. The monoisotopic (exact) mass is 293 g/mol. The smallest absolute Gasteiger partial charge is 0.237 e. The highest BCUT2D eigenvalue weighted by Crippen LogP contribution is 2.23. The predicted octanol–water partition coefficient (Wildman–Crippen LogP) is 2.82. The van der Waals surface area contributed by atoms with Gasteiger partial charge < -0.3 is 15.8 Å². The third-order valence-electron chi connectivity index (χ3n) is 3.55. The van der Waals surface area contributed by atoms with Gasteiger partial charge in [0.15, 0.2) is 0 Å². The summed E-state index contributed by atoms with van der Waals surface area (Å²) in [4.78, 5) is 16.2. The fraction of sp³-hybridized carbons (Fsp3) is 0.625. The fourth-order valence-corrected chi connectivity index (χ4v) is 2.29. The Morgan fingerprint density at radius 1 is 1.43 bits per heavy atom. The van der Waals surface area contributed by atoms with Gasteiger partial charge in [-0.15, -0.1) is 0 Å². The van der Waals surface area contributed by atoms with Gasteiger partial charge in [-0.1, -0.05) is 13.8 Å². The largest absolute Gasteiger partial charge is 0.476 e. The second kappa shape index (κ2) is 9.34. The van der Waals surface area contributed by atoms with Gasteiger partial charge in [0.05, 0.1) is 6.61 Å². The molecule has 0 aliphatic carbocycles. The Hall–Kier alpha value is -1.62. The lowest BCUT2D eigenvalue weighted by Crippen LogP contribution is -2.18. The van der Waals surface area contributed by atoms with Crippen molar-refractivity contribution < 1.29 is 9.53 Å². The fourth-order valence-electron chi connectivity index (χ4n) is 2.29. The van der Waals surface area contributed by atoms with Crippen LogP contribution in [0.4, 0.5) is 5.69 Å². The lowest BCUT2D eigenvalue weighted by atomic mass is 9.88. The molecule has 5 nitrogen and oxygen atoms in total. The third-order valence-corrected chi connectivity index (χ3v) is 3.55. The average Bonchev–Trinajstić information content (AvgIpc) is 2.45. The van der Waals surface area contributed by atoms with E-state index in [4.69, 9.17) is 10.5 Å². The highest BCUT2D eigenvalue weighted by atomic mass is 16.5. The summed E-state index contributed by atoms with van der Waals surface area (Å²) in [5.41, 5.74) is 6.25. The van der Waals surface area contributed by atoms with Crippen LogP contribution in [0.3, 0.4) is 0 Å². The topological polar surface area (TPSA) is 77.2 Å². The van der Waals surface area contributed by atoms with E-state index in [9.17, 15) is 4.79 Å². The van der Waals surface area contributed by atoms with Crippen LogP contribution in [0.1, 0.15) is 40.0 Å². The SMILES string of the molecule is CCOc1ncccc1NC(=O)CCC(CCN)C(C)C. The molecule has 1 rings (SSSR count). The first kappa shape index (κ1) is 17.4. The molecule has 5 heteroatoms. The number of anilines is 1. The second-order valence-electron chi connectivity index (χ2n) is 5.46. The predicted molar refractivity (Wildman–Crippen MR) is 85.3 cm³/mol. The molecule has 118 valence electrons. The molecule has 1 heterocycles. The Morgan fingerprint density at radius 3 is 2.81 bits per heavy atom. The summed E-state index contributed by atoms with van der Waals surface area (Å²) in [6.45, 7) is 7.42. The van der Waals surface area contributed by atoms with Crippen molar-refractivity contribution in [3.63, 3.8) is 0 Å². The van der Waals surface area contributed by atoms with Gasteiger partial charge in [0.25, 0.3) is 0 Å². The number of amides is 1. The first-order chi connectivity index (χ1) is 10.1. The molecule has 0 radical (unpaired) electrons. The maximum atomic E-state index is 12.1. The molecule has 3 N–H and O–H groups in total. The highest BCUT2D eigenvalue weighted by Gasteiger charge is 2.15. The van der Waals surface area contributed by atoms with Crippen molar-refractivity contribution in [2.75, 3.05) is 18.5 Å². The molecule has 1 atom stereocenters. The number of hydrogen-bond donors (Lipinski definition) is 2. The van der Waals surface area contributed by atoms with Crippen LogP contribution in [0, 0.1) is 11.8 Å². The van der Waals surface area contributed by atoms with Crippen molar-refractivity contribution in [1.82, 2.24) is 4.98 Å². The summed E-state index contributed by atoms with van der Waals surface area (Å²) >= 11 is 0. The Labute approximate surface area is 127 Å². The number of hydrogen-bond acceptors (Lipinski definition) is 4. The molecule has 0 saturated heterocycles. The number of carbonyl (C=O) groups is 1. The Bertz CT molecular complexity index is 435. The van der Waals surface area contributed by atoms with Gasteiger partial charge in [-0.25, -0.2) is 4.98 Å². The number of nitrogens with one attached hydrogen (secondary N) is 1. The van der Waals surface area contributed by atoms with Crippen LogP contribution in [0.2, 0.25) is 0 Å². The van der Waals surface area contributed by atoms with Gasteiger partial charge in [0, 0.05) is 12.6 Å². The van der Waals surface area contributed by atoms with E-state index in [-0.39, 0.29) is 5.91 Å². The van der Waals surface area contributed by atoms with E-state index in [1.54, 1.807) is 18.3 Å². The van der Waals surface area contributed by atoms with Gasteiger partial charge in [-0.2, -0.15) is 0 Å². The van der Waals surface area contributed by atoms with E-state index in [2.05, 4.69) is 24.1 Å². The van der Waals surface area contributed by atoms with Crippen LogP contribution in [-0.2, 0) is 4.79 Å². The van der Waals surface area contributed by atoms with Crippen LogP contribution in [-0.4, -0.2) is 24.0 Å². The zero-order valence-electron chi connectivity index (χ0n) is 13.3. The quantitative estimate of drug-likeness (QED) is 0.734. The van der Waals surface area contributed by atoms with Gasteiger partial charge in [-0.3, -0.25) is 4.79 Å². The van der Waals surface area contributed by atoms with E-state index in [1.165, 1.54) is 0 Å². The summed E-state index contributed by atoms with van der Waals surface area (Å²) in [6.07, 6.45) is 3.95. The van der Waals surface area contributed by atoms with Gasteiger partial charge in [0.2, 0.25) is 11.8 Å². The van der Waals surface area contributed by atoms with Crippen LogP contribution >= 0.6 is 0 Å². The molecule has 0 fully saturated rings. The van der Waals surface area contributed by atoms with Crippen molar-refractivity contribution in [1.29, 1.82) is 0 Å². The Morgan fingerprint density at radius 2 is 2.19 bits per heavy atom. The minimum Gasteiger partial charge on any atom is -0.476 e. The molecule has 21 heavy (non-hydrogen) atoms. The highest BCUT2D eigenvalue weighted by molar-refractivity contribution is 5.91. The number of carbonyl (C=O) groups excluding carboxylic acids is 1. The lowest BCUT2D eigenvalue weighted by molar-refractivity contribution is -0.116. The molecule has 0 spiro atoms. The molecule has 0 aliphatic rings. The number of nitrogens with zero attached hydrogens (tertiary/aromatic N) is 1. The van der Waals surface area contributed by atoms with Gasteiger partial charge in [-0.05, 0) is 50.3 Å². The molecular weight excluding hydrogens is 266 g/mol. The van der Waals surface area contributed by atoms with Crippen LogP contribution in [0.15, 0.2) is 18.3 Å². The Balaban J connectivity index is 2.53. The second-order valence-corrected chi connectivity index (χ2v) is 5.46. The Kier molecular flexibility index (Phi) is 7.75. The number of pyridine rings is 1. The van der Waals surface area contributed by atoms with Crippen molar-refractivity contribution in [3.8, 4) is 5.88 Å². The average molecular weight is 293 g/mol. The first-order valence-electron chi connectivity index (χ1n) is 7.66. The zero-order chi connectivity index (χ0) is 15.7. The molecule has 0 saturated carbocycles. The standard InChI is InChI=1S/C16H27N3O2/c1-4-21-16-14(6-5-11-18-16)19-15(20)8-7-13(9-10-17)12(2)3/h5-6,11-13H,4,7-10,17H2,1-3H3,(H,19,20).